The first-order valence-corrected chi connectivity index (χ1v) is 12.8. The third-order valence-corrected chi connectivity index (χ3v) is 5.53. The highest BCUT2D eigenvalue weighted by atomic mass is 16.6. The zero-order valence-corrected chi connectivity index (χ0v) is 22.4. The van der Waals surface area contributed by atoms with E-state index in [0.717, 1.165) is 36.8 Å². The van der Waals surface area contributed by atoms with Crippen LogP contribution in [0.2, 0.25) is 0 Å². The number of amides is 2. The van der Waals surface area contributed by atoms with Crippen molar-refractivity contribution in [1.82, 2.24) is 10.6 Å². The Kier molecular flexibility index (Phi) is 12.5. The third kappa shape index (κ3) is 12.8. The van der Waals surface area contributed by atoms with E-state index < -0.39 is 29.8 Å². The summed E-state index contributed by atoms with van der Waals surface area (Å²) in [7, 11) is 1.30. The quantitative estimate of drug-likeness (QED) is 0.214. The molecule has 0 heterocycles. The van der Waals surface area contributed by atoms with Crippen LogP contribution in [0.4, 0.5) is 9.59 Å². The number of benzene rings is 2. The monoisotopic (exact) mass is 512 g/mol. The van der Waals surface area contributed by atoms with E-state index in [1.165, 1.54) is 12.7 Å². The molecule has 0 aliphatic carbocycles. The summed E-state index contributed by atoms with van der Waals surface area (Å²) in [5.74, 6) is -0.486. The Labute approximate surface area is 220 Å². The molecule has 0 bridgehead atoms. The van der Waals surface area contributed by atoms with Gasteiger partial charge in [0.2, 0.25) is 0 Å². The third-order valence-electron chi connectivity index (χ3n) is 5.53. The van der Waals surface area contributed by atoms with E-state index in [2.05, 4.69) is 34.9 Å². The van der Waals surface area contributed by atoms with Crippen molar-refractivity contribution < 1.29 is 28.6 Å². The predicted molar refractivity (Wildman–Crippen MR) is 142 cm³/mol. The van der Waals surface area contributed by atoms with Crippen LogP contribution in [-0.4, -0.2) is 43.5 Å². The molecule has 0 saturated heterocycles. The number of esters is 1. The number of rotatable bonds is 13. The Hall–Kier alpha value is -3.55. The van der Waals surface area contributed by atoms with Crippen molar-refractivity contribution in [1.29, 1.82) is 0 Å². The van der Waals surface area contributed by atoms with Gasteiger partial charge in [0, 0.05) is 6.54 Å². The van der Waals surface area contributed by atoms with E-state index in [4.69, 9.17) is 14.2 Å². The molecule has 2 aromatic carbocycles. The van der Waals surface area contributed by atoms with Crippen LogP contribution in [0, 0.1) is 0 Å². The van der Waals surface area contributed by atoms with Crippen LogP contribution >= 0.6 is 0 Å². The molecule has 8 nitrogen and oxygen atoms in total. The zero-order valence-electron chi connectivity index (χ0n) is 22.4. The van der Waals surface area contributed by atoms with Crippen molar-refractivity contribution in [3.05, 3.63) is 71.3 Å². The summed E-state index contributed by atoms with van der Waals surface area (Å²) in [6.45, 7) is 6.15. The fraction of sp³-hybridized carbons (Fsp3) is 0.483. The summed E-state index contributed by atoms with van der Waals surface area (Å²) < 4.78 is 15.3. The van der Waals surface area contributed by atoms with Gasteiger partial charge in [-0.1, -0.05) is 54.6 Å². The largest absolute Gasteiger partial charge is 0.467 e. The number of carbonyl (C=O) groups is 3. The van der Waals surface area contributed by atoms with Gasteiger partial charge in [-0.3, -0.25) is 0 Å². The summed E-state index contributed by atoms with van der Waals surface area (Å²) in [5, 5.41) is 5.39. The Morgan fingerprint density at radius 3 is 2.03 bits per heavy atom. The number of hydrogen-bond donors (Lipinski definition) is 2. The lowest BCUT2D eigenvalue weighted by Gasteiger charge is -2.22. The molecule has 0 fully saturated rings. The molecule has 0 aromatic heterocycles. The minimum absolute atomic E-state index is 0.266. The highest BCUT2D eigenvalue weighted by Crippen LogP contribution is 2.13. The van der Waals surface area contributed by atoms with E-state index in [1.54, 1.807) is 20.8 Å². The smallest absolute Gasteiger partial charge is 0.408 e. The topological polar surface area (TPSA) is 103 Å². The standard InChI is InChI=1S/C29H40N2O6/c1-29(2,3)37-28(34)31-25(26(32)35-4)15-10-14-23-18-16-22(17-19-23)11-8-9-20-30-27(33)36-21-24-12-6-5-7-13-24/h5-7,12-13,16-19,25H,8-11,14-15,20-21H2,1-4H3,(H,30,33)(H,31,34)/t25-/m1/s1. The van der Waals surface area contributed by atoms with Crippen molar-refractivity contribution in [3.8, 4) is 0 Å². The van der Waals surface area contributed by atoms with Crippen LogP contribution in [0.5, 0.6) is 0 Å². The molecule has 2 amide bonds. The molecule has 202 valence electrons. The number of ether oxygens (including phenoxy) is 3. The van der Waals surface area contributed by atoms with Crippen LogP contribution in [0.25, 0.3) is 0 Å². The molecular formula is C29H40N2O6. The van der Waals surface area contributed by atoms with Gasteiger partial charge >= 0.3 is 18.2 Å². The van der Waals surface area contributed by atoms with Crippen molar-refractivity contribution in [2.75, 3.05) is 13.7 Å². The lowest BCUT2D eigenvalue weighted by atomic mass is 10.0. The molecular weight excluding hydrogens is 472 g/mol. The van der Waals surface area contributed by atoms with E-state index in [-0.39, 0.29) is 6.61 Å². The molecule has 37 heavy (non-hydrogen) atoms. The minimum atomic E-state index is -0.747. The number of alkyl carbamates (subject to hydrolysis) is 2. The first-order chi connectivity index (χ1) is 17.7. The second-order valence-electron chi connectivity index (χ2n) is 9.88. The maximum absolute atomic E-state index is 12.1. The zero-order chi connectivity index (χ0) is 27.1. The van der Waals surface area contributed by atoms with Gasteiger partial charge in [0.1, 0.15) is 18.2 Å². The Morgan fingerprint density at radius 1 is 0.811 bits per heavy atom. The van der Waals surface area contributed by atoms with E-state index >= 15 is 0 Å². The van der Waals surface area contributed by atoms with Crippen LogP contribution in [0.15, 0.2) is 54.6 Å². The number of carbonyl (C=O) groups excluding carboxylic acids is 3. The molecule has 0 unspecified atom stereocenters. The first-order valence-electron chi connectivity index (χ1n) is 12.8. The predicted octanol–water partition coefficient (Wildman–Crippen LogP) is 5.32. The number of hydrogen-bond acceptors (Lipinski definition) is 6. The second-order valence-corrected chi connectivity index (χ2v) is 9.88. The number of aryl methyl sites for hydroxylation is 2. The van der Waals surface area contributed by atoms with E-state index in [1.807, 2.05) is 30.3 Å². The summed E-state index contributed by atoms with van der Waals surface area (Å²) in [4.78, 5) is 35.9. The van der Waals surface area contributed by atoms with Gasteiger partial charge in [-0.15, -0.1) is 0 Å². The van der Waals surface area contributed by atoms with Crippen LogP contribution < -0.4 is 10.6 Å². The fourth-order valence-corrected chi connectivity index (χ4v) is 3.64. The summed E-state index contributed by atoms with van der Waals surface area (Å²) >= 11 is 0. The molecule has 0 spiro atoms. The number of methoxy groups -OCH3 is 1. The fourth-order valence-electron chi connectivity index (χ4n) is 3.64. The van der Waals surface area contributed by atoms with E-state index in [9.17, 15) is 14.4 Å². The highest BCUT2D eigenvalue weighted by molar-refractivity contribution is 5.81. The first kappa shape index (κ1) is 29.7. The van der Waals surface area contributed by atoms with Crippen molar-refractivity contribution in [2.24, 2.45) is 0 Å². The number of unbranched alkanes of at least 4 members (excludes halogenated alkanes) is 1. The van der Waals surface area contributed by atoms with Gasteiger partial charge in [-0.05, 0) is 76.0 Å². The van der Waals surface area contributed by atoms with Crippen LogP contribution in [-0.2, 0) is 38.5 Å². The normalized spacial score (nSPS) is 11.8. The Balaban J connectivity index is 1.64. The molecule has 0 radical (unpaired) electrons. The van der Waals surface area contributed by atoms with E-state index in [0.29, 0.717) is 19.4 Å². The van der Waals surface area contributed by atoms with Gasteiger partial charge in [0.25, 0.3) is 0 Å². The van der Waals surface area contributed by atoms with Gasteiger partial charge < -0.3 is 24.8 Å². The Bertz CT molecular complexity index is 970. The minimum Gasteiger partial charge on any atom is -0.467 e. The maximum Gasteiger partial charge on any atom is 0.408 e. The number of nitrogens with one attached hydrogen (secondary N) is 2. The van der Waals surface area contributed by atoms with Gasteiger partial charge in [-0.2, -0.15) is 0 Å². The summed E-state index contributed by atoms with van der Waals surface area (Å²) in [6.07, 6.45) is 3.65. The average molecular weight is 513 g/mol. The second kappa shape index (κ2) is 15.5. The molecule has 8 heteroatoms. The summed E-state index contributed by atoms with van der Waals surface area (Å²) in [5.41, 5.74) is 2.71. The lowest BCUT2D eigenvalue weighted by molar-refractivity contribution is -0.143. The molecule has 0 saturated carbocycles. The SMILES string of the molecule is COC(=O)[C@@H](CCCc1ccc(CCCCNC(=O)OCc2ccccc2)cc1)NC(=O)OC(C)(C)C. The Morgan fingerprint density at radius 2 is 1.43 bits per heavy atom. The summed E-state index contributed by atoms with van der Waals surface area (Å²) in [6, 6.07) is 17.2. The lowest BCUT2D eigenvalue weighted by Crippen LogP contribution is -2.44. The molecule has 2 N–H and O–H groups in total. The maximum atomic E-state index is 12.1. The van der Waals surface area contributed by atoms with Crippen LogP contribution in [0.1, 0.15) is 63.1 Å². The van der Waals surface area contributed by atoms with Gasteiger partial charge in [-0.25, -0.2) is 14.4 Å². The highest BCUT2D eigenvalue weighted by Gasteiger charge is 2.24. The van der Waals surface area contributed by atoms with Crippen LogP contribution in [0.3, 0.4) is 0 Å². The molecule has 0 aliphatic rings. The molecule has 2 rings (SSSR count). The van der Waals surface area contributed by atoms with Gasteiger partial charge in [0.05, 0.1) is 7.11 Å². The van der Waals surface area contributed by atoms with Crippen molar-refractivity contribution in [3.63, 3.8) is 0 Å². The van der Waals surface area contributed by atoms with Crippen molar-refractivity contribution >= 4 is 18.2 Å². The van der Waals surface area contributed by atoms with Crippen molar-refractivity contribution in [2.45, 2.75) is 77.5 Å². The molecule has 0 aliphatic heterocycles. The van der Waals surface area contributed by atoms with Gasteiger partial charge in [0.15, 0.2) is 0 Å². The average Bonchev–Trinajstić information content (AvgIpc) is 2.86. The molecule has 1 atom stereocenters. The molecule has 2 aromatic rings.